The molecular weight excluding hydrogens is 312 g/mol. The Morgan fingerprint density at radius 1 is 0.917 bits per heavy atom. The van der Waals surface area contributed by atoms with Gasteiger partial charge in [0.05, 0.1) is 11.3 Å². The number of nitrogens with zero attached hydrogens (tertiary/aromatic N) is 2. The fourth-order valence-electron chi connectivity index (χ4n) is 3.10. The Morgan fingerprint density at radius 3 is 2.42 bits per heavy atom. The maximum absolute atomic E-state index is 6.25. The van der Waals surface area contributed by atoms with Crippen molar-refractivity contribution in [1.29, 1.82) is 0 Å². The van der Waals surface area contributed by atoms with Crippen LogP contribution in [0.2, 0.25) is 19.6 Å². The van der Waals surface area contributed by atoms with Gasteiger partial charge in [-0.15, -0.1) is 0 Å². The Hall–Kier alpha value is -2.46. The fourth-order valence-corrected chi connectivity index (χ4v) is 4.55. The molecule has 0 aliphatic rings. The molecule has 0 saturated heterocycles. The third kappa shape index (κ3) is 2.34. The van der Waals surface area contributed by atoms with Crippen LogP contribution in [0.1, 0.15) is 5.56 Å². The molecule has 0 spiro atoms. The molecule has 0 aliphatic carbocycles. The van der Waals surface area contributed by atoms with E-state index in [1.807, 2.05) is 37.5 Å². The van der Waals surface area contributed by atoms with Gasteiger partial charge in [-0.3, -0.25) is 9.97 Å². The molecular formula is C20H20N2OSi. The molecule has 3 heterocycles. The van der Waals surface area contributed by atoms with Gasteiger partial charge in [0.15, 0.2) is 0 Å². The van der Waals surface area contributed by atoms with E-state index in [2.05, 4.69) is 42.8 Å². The minimum atomic E-state index is -1.60. The highest BCUT2D eigenvalue weighted by Crippen LogP contribution is 2.34. The monoisotopic (exact) mass is 332 g/mol. The lowest BCUT2D eigenvalue weighted by Crippen LogP contribution is -2.40. The number of hydrogen-bond donors (Lipinski definition) is 0. The predicted molar refractivity (Wildman–Crippen MR) is 102 cm³/mol. The Bertz CT molecular complexity index is 1040. The minimum Gasteiger partial charge on any atom is -0.455 e. The van der Waals surface area contributed by atoms with Gasteiger partial charge in [0.2, 0.25) is 0 Å². The van der Waals surface area contributed by atoms with Gasteiger partial charge in [-0.25, -0.2) is 0 Å². The molecule has 0 unspecified atom stereocenters. The summed E-state index contributed by atoms with van der Waals surface area (Å²) >= 11 is 0. The first kappa shape index (κ1) is 15.1. The summed E-state index contributed by atoms with van der Waals surface area (Å²) in [5.74, 6) is 0. The summed E-state index contributed by atoms with van der Waals surface area (Å²) in [6.45, 7) is 9.00. The molecule has 3 nitrogen and oxygen atoms in total. The van der Waals surface area contributed by atoms with Gasteiger partial charge in [0.25, 0.3) is 0 Å². The average molecular weight is 332 g/mol. The highest BCUT2D eigenvalue weighted by atomic mass is 28.3. The Labute approximate surface area is 142 Å². The zero-order valence-electron chi connectivity index (χ0n) is 14.4. The Kier molecular flexibility index (Phi) is 3.32. The van der Waals surface area contributed by atoms with Crippen LogP contribution in [-0.4, -0.2) is 18.0 Å². The van der Waals surface area contributed by atoms with Gasteiger partial charge in [-0.2, -0.15) is 0 Å². The molecule has 0 bridgehead atoms. The van der Waals surface area contributed by atoms with Crippen molar-refractivity contribution in [1.82, 2.24) is 9.97 Å². The van der Waals surface area contributed by atoms with E-state index in [9.17, 15) is 0 Å². The van der Waals surface area contributed by atoms with E-state index >= 15 is 0 Å². The quantitative estimate of drug-likeness (QED) is 0.490. The van der Waals surface area contributed by atoms with Crippen LogP contribution in [0.15, 0.2) is 53.2 Å². The number of fused-ring (bicyclic) bond motifs is 3. The number of para-hydroxylation sites is 1. The highest BCUT2D eigenvalue weighted by molar-refractivity contribution is 6.90. The summed E-state index contributed by atoms with van der Waals surface area (Å²) in [6.07, 6.45) is 3.81. The van der Waals surface area contributed by atoms with Crippen molar-refractivity contribution < 1.29 is 4.42 Å². The SMILES string of the molecule is Cc1ccc(-c2cnc([Si](C)(C)C)c3c2oc2ccccc23)nc1. The van der Waals surface area contributed by atoms with E-state index in [4.69, 9.17) is 9.40 Å². The van der Waals surface area contributed by atoms with Crippen molar-refractivity contribution in [2.75, 3.05) is 0 Å². The van der Waals surface area contributed by atoms with E-state index in [-0.39, 0.29) is 0 Å². The standard InChI is InChI=1S/C20H20N2OSi/c1-13-9-10-16(21-11-13)15-12-22-20(24(2,3)4)18-14-7-5-6-8-17(14)23-19(15)18/h5-12H,1-4H3. The van der Waals surface area contributed by atoms with Gasteiger partial charge in [0, 0.05) is 28.5 Å². The van der Waals surface area contributed by atoms with Crippen molar-refractivity contribution >= 4 is 35.3 Å². The maximum Gasteiger partial charge on any atom is 0.147 e. The predicted octanol–water partition coefficient (Wildman–Crippen LogP) is 4.90. The van der Waals surface area contributed by atoms with Crippen LogP contribution in [0.25, 0.3) is 33.2 Å². The molecule has 0 fully saturated rings. The van der Waals surface area contributed by atoms with E-state index < -0.39 is 8.07 Å². The molecule has 0 radical (unpaired) electrons. The Morgan fingerprint density at radius 2 is 1.71 bits per heavy atom. The van der Waals surface area contributed by atoms with E-state index in [0.717, 1.165) is 38.8 Å². The number of hydrogen-bond acceptors (Lipinski definition) is 3. The molecule has 0 atom stereocenters. The third-order valence-corrected chi connectivity index (χ3v) is 6.10. The lowest BCUT2D eigenvalue weighted by molar-refractivity contribution is 0.669. The minimum absolute atomic E-state index is 0.902. The molecule has 0 N–H and O–H groups in total. The third-order valence-electron chi connectivity index (χ3n) is 4.30. The average Bonchev–Trinajstić information content (AvgIpc) is 2.93. The second-order valence-electron chi connectivity index (χ2n) is 7.29. The number of furan rings is 1. The molecule has 120 valence electrons. The summed E-state index contributed by atoms with van der Waals surface area (Å²) in [5.41, 5.74) is 4.82. The molecule has 4 aromatic rings. The summed E-state index contributed by atoms with van der Waals surface area (Å²) in [4.78, 5) is 9.43. The second kappa shape index (κ2) is 5.28. The van der Waals surface area contributed by atoms with Crippen LogP contribution in [0, 0.1) is 6.92 Å². The number of aromatic nitrogens is 2. The van der Waals surface area contributed by atoms with Gasteiger partial charge in [0.1, 0.15) is 19.2 Å². The smallest absolute Gasteiger partial charge is 0.147 e. The number of aryl methyl sites for hydroxylation is 1. The van der Waals surface area contributed by atoms with Crippen molar-refractivity contribution in [3.8, 4) is 11.3 Å². The van der Waals surface area contributed by atoms with E-state index in [1.54, 1.807) is 0 Å². The van der Waals surface area contributed by atoms with Crippen molar-refractivity contribution in [3.05, 3.63) is 54.4 Å². The van der Waals surface area contributed by atoms with Crippen LogP contribution in [0.3, 0.4) is 0 Å². The molecule has 4 rings (SSSR count). The molecule has 4 heteroatoms. The van der Waals surface area contributed by atoms with Crippen LogP contribution < -0.4 is 5.32 Å². The molecule has 0 saturated carbocycles. The number of rotatable bonds is 2. The summed E-state index contributed by atoms with van der Waals surface area (Å²) < 4.78 is 6.25. The summed E-state index contributed by atoms with van der Waals surface area (Å²) in [5, 5.41) is 3.49. The van der Waals surface area contributed by atoms with Crippen LogP contribution in [0.4, 0.5) is 0 Å². The molecule has 0 amide bonds. The molecule has 1 aromatic carbocycles. The fraction of sp³-hybridized carbons (Fsp3) is 0.200. The largest absolute Gasteiger partial charge is 0.455 e. The van der Waals surface area contributed by atoms with Gasteiger partial charge in [-0.1, -0.05) is 43.9 Å². The zero-order valence-corrected chi connectivity index (χ0v) is 15.4. The first-order valence-corrected chi connectivity index (χ1v) is 11.7. The lowest BCUT2D eigenvalue weighted by Gasteiger charge is -2.17. The van der Waals surface area contributed by atoms with Crippen LogP contribution in [-0.2, 0) is 0 Å². The van der Waals surface area contributed by atoms with Crippen molar-refractivity contribution in [2.45, 2.75) is 26.6 Å². The number of benzene rings is 1. The van der Waals surface area contributed by atoms with Crippen molar-refractivity contribution in [3.63, 3.8) is 0 Å². The van der Waals surface area contributed by atoms with E-state index in [0.29, 0.717) is 0 Å². The molecule has 3 aromatic heterocycles. The Balaban J connectivity index is 2.12. The normalized spacial score (nSPS) is 12.2. The first-order valence-electron chi connectivity index (χ1n) is 8.19. The van der Waals surface area contributed by atoms with Gasteiger partial charge in [-0.05, 0) is 24.6 Å². The summed E-state index contributed by atoms with van der Waals surface area (Å²) in [7, 11) is -1.60. The number of pyridine rings is 2. The van der Waals surface area contributed by atoms with Gasteiger partial charge >= 0.3 is 0 Å². The second-order valence-corrected chi connectivity index (χ2v) is 12.3. The molecule has 24 heavy (non-hydrogen) atoms. The molecule has 0 aliphatic heterocycles. The zero-order chi connectivity index (χ0) is 16.9. The topological polar surface area (TPSA) is 38.9 Å². The van der Waals surface area contributed by atoms with E-state index in [1.165, 1.54) is 5.32 Å². The lowest BCUT2D eigenvalue weighted by atomic mass is 10.1. The highest BCUT2D eigenvalue weighted by Gasteiger charge is 2.26. The summed E-state index contributed by atoms with van der Waals surface area (Å²) in [6, 6.07) is 12.3. The first-order chi connectivity index (χ1) is 11.4. The van der Waals surface area contributed by atoms with Crippen LogP contribution >= 0.6 is 0 Å². The van der Waals surface area contributed by atoms with Crippen molar-refractivity contribution in [2.24, 2.45) is 0 Å². The maximum atomic E-state index is 6.25. The van der Waals surface area contributed by atoms with Crippen LogP contribution in [0.5, 0.6) is 0 Å². The van der Waals surface area contributed by atoms with Gasteiger partial charge < -0.3 is 4.42 Å².